The number of ether oxygens (including phenoxy) is 1. The lowest BCUT2D eigenvalue weighted by Gasteiger charge is -2.21. The van der Waals surface area contributed by atoms with Crippen LogP contribution in [-0.4, -0.2) is 54.7 Å². The summed E-state index contributed by atoms with van der Waals surface area (Å²) in [6.07, 6.45) is 0.390. The number of alkyl carbamates (subject to hydrolysis) is 1. The van der Waals surface area contributed by atoms with Gasteiger partial charge in [0.1, 0.15) is 11.6 Å². The summed E-state index contributed by atoms with van der Waals surface area (Å²) in [6.45, 7) is 16.0. The van der Waals surface area contributed by atoms with Crippen LogP contribution in [0.15, 0.2) is 0 Å². The Kier molecular flexibility index (Phi) is 10.8. The number of nitrogens with one attached hydrogen (secondary N) is 2. The summed E-state index contributed by atoms with van der Waals surface area (Å²) < 4.78 is 5.06. The van der Waals surface area contributed by atoms with Crippen LogP contribution in [0, 0.1) is 17.2 Å². The maximum Gasteiger partial charge on any atom is 0.408 e. The third-order valence-electron chi connectivity index (χ3n) is 3.87. The quantitative estimate of drug-likeness (QED) is 0.763. The lowest BCUT2D eigenvalue weighted by molar-refractivity contribution is -0.122. The zero-order valence-electron chi connectivity index (χ0n) is 16.5. The van der Waals surface area contributed by atoms with Gasteiger partial charge in [0.2, 0.25) is 5.91 Å². The molecule has 0 aromatic carbocycles. The minimum atomic E-state index is -0.700. The topological polar surface area (TPSA) is 94.5 Å². The zero-order chi connectivity index (χ0) is 19.5. The molecule has 1 unspecified atom stereocenters. The van der Waals surface area contributed by atoms with Gasteiger partial charge in [0.15, 0.2) is 0 Å². The van der Waals surface area contributed by atoms with Crippen molar-refractivity contribution < 1.29 is 14.3 Å². The minimum absolute atomic E-state index is 0.0544. The van der Waals surface area contributed by atoms with Crippen molar-refractivity contribution in [3.05, 3.63) is 0 Å². The highest BCUT2D eigenvalue weighted by Gasteiger charge is 2.28. The van der Waals surface area contributed by atoms with Gasteiger partial charge in [0.05, 0.1) is 6.07 Å². The summed E-state index contributed by atoms with van der Waals surface area (Å²) >= 11 is 0. The average Bonchev–Trinajstić information content (AvgIpc) is 2.92. The van der Waals surface area contributed by atoms with Crippen molar-refractivity contribution >= 4 is 12.0 Å². The van der Waals surface area contributed by atoms with Crippen molar-refractivity contribution in [3.63, 3.8) is 0 Å². The van der Waals surface area contributed by atoms with Crippen LogP contribution in [0.5, 0.6) is 0 Å². The molecule has 7 nitrogen and oxygen atoms in total. The first kappa shape index (κ1) is 23.2. The van der Waals surface area contributed by atoms with Crippen LogP contribution in [0.1, 0.15) is 54.4 Å². The van der Waals surface area contributed by atoms with Gasteiger partial charge < -0.3 is 20.3 Å². The molecule has 0 spiro atoms. The second-order valence-electron chi connectivity index (χ2n) is 6.96. The summed E-state index contributed by atoms with van der Waals surface area (Å²) in [4.78, 5) is 25.2. The monoisotopic (exact) mass is 354 g/mol. The Balaban J connectivity index is 0.000000697. The first-order valence-electron chi connectivity index (χ1n) is 9.05. The molecule has 2 N–H and O–H groups in total. The number of hydrogen-bond acceptors (Lipinski definition) is 5. The van der Waals surface area contributed by atoms with Crippen molar-refractivity contribution in [2.45, 2.75) is 66.0 Å². The summed E-state index contributed by atoms with van der Waals surface area (Å²) in [5.74, 6) is -0.258. The highest BCUT2D eigenvalue weighted by molar-refractivity contribution is 5.80. The molecule has 0 bridgehead atoms. The van der Waals surface area contributed by atoms with Crippen LogP contribution < -0.4 is 10.6 Å². The third kappa shape index (κ3) is 10.6. The SMILES string of the molecule is CC(C)(C)OC(=O)NC(C#N)C[C@@H]1CCNC1=O.CCN(CC)CC. The predicted molar refractivity (Wildman–Crippen MR) is 98.0 cm³/mol. The number of rotatable bonds is 6. The van der Waals surface area contributed by atoms with E-state index in [-0.39, 0.29) is 11.8 Å². The van der Waals surface area contributed by atoms with E-state index in [1.54, 1.807) is 20.8 Å². The molecule has 1 saturated heterocycles. The van der Waals surface area contributed by atoms with Crippen molar-refractivity contribution in [1.29, 1.82) is 5.26 Å². The predicted octanol–water partition coefficient (Wildman–Crippen LogP) is 2.28. The summed E-state index contributed by atoms with van der Waals surface area (Å²) in [5.41, 5.74) is -0.602. The van der Waals surface area contributed by atoms with Gasteiger partial charge in [-0.25, -0.2) is 4.79 Å². The smallest absolute Gasteiger partial charge is 0.408 e. The number of amides is 2. The average molecular weight is 354 g/mol. The fraction of sp³-hybridized carbons (Fsp3) is 0.833. The Morgan fingerprint density at radius 3 is 2.24 bits per heavy atom. The molecule has 0 radical (unpaired) electrons. The molecular weight excluding hydrogens is 320 g/mol. The Morgan fingerprint density at radius 1 is 1.36 bits per heavy atom. The molecule has 25 heavy (non-hydrogen) atoms. The molecule has 1 rings (SSSR count). The maximum atomic E-state index is 11.5. The van der Waals surface area contributed by atoms with E-state index in [1.165, 1.54) is 19.6 Å². The van der Waals surface area contributed by atoms with E-state index < -0.39 is 17.7 Å². The lowest BCUT2D eigenvalue weighted by Crippen LogP contribution is -2.40. The number of carbonyl (C=O) groups is 2. The van der Waals surface area contributed by atoms with Crippen LogP contribution in [0.3, 0.4) is 0 Å². The molecular formula is C18H34N4O3. The van der Waals surface area contributed by atoms with Gasteiger partial charge in [0.25, 0.3) is 0 Å². The summed E-state index contributed by atoms with van der Waals surface area (Å²) in [6, 6.07) is 1.27. The van der Waals surface area contributed by atoms with Gasteiger partial charge >= 0.3 is 6.09 Å². The number of nitriles is 1. The Morgan fingerprint density at radius 2 is 1.92 bits per heavy atom. The molecule has 1 heterocycles. The second-order valence-corrected chi connectivity index (χ2v) is 6.96. The number of carbonyl (C=O) groups excluding carboxylic acids is 2. The van der Waals surface area contributed by atoms with Crippen molar-refractivity contribution in [2.75, 3.05) is 26.2 Å². The molecule has 144 valence electrons. The van der Waals surface area contributed by atoms with E-state index in [4.69, 9.17) is 10.00 Å². The highest BCUT2D eigenvalue weighted by Crippen LogP contribution is 2.16. The van der Waals surface area contributed by atoms with Gasteiger partial charge in [-0.15, -0.1) is 0 Å². The van der Waals surface area contributed by atoms with E-state index >= 15 is 0 Å². The Hall–Kier alpha value is -1.81. The maximum absolute atomic E-state index is 11.5. The van der Waals surface area contributed by atoms with Gasteiger partial charge in [0, 0.05) is 12.5 Å². The molecule has 2 atom stereocenters. The fourth-order valence-electron chi connectivity index (χ4n) is 2.42. The van der Waals surface area contributed by atoms with Gasteiger partial charge in [-0.3, -0.25) is 4.79 Å². The van der Waals surface area contributed by atoms with E-state index in [2.05, 4.69) is 36.3 Å². The first-order valence-corrected chi connectivity index (χ1v) is 9.05. The number of nitrogens with zero attached hydrogens (tertiary/aromatic N) is 2. The molecule has 0 aliphatic carbocycles. The van der Waals surface area contributed by atoms with Crippen molar-refractivity contribution in [2.24, 2.45) is 5.92 Å². The van der Waals surface area contributed by atoms with E-state index in [9.17, 15) is 9.59 Å². The van der Waals surface area contributed by atoms with E-state index in [0.29, 0.717) is 19.4 Å². The third-order valence-corrected chi connectivity index (χ3v) is 3.87. The zero-order valence-corrected chi connectivity index (χ0v) is 16.5. The molecule has 1 fully saturated rings. The standard InChI is InChI=1S/C12H19N3O3.C6H15N/c1-12(2,3)18-11(17)15-9(7-13)6-8-4-5-14-10(8)16;1-4-7(5-2)6-3/h8-9H,4-6H2,1-3H3,(H,14,16)(H,15,17);4-6H2,1-3H3/t8-,9?;/m0./s1. The lowest BCUT2D eigenvalue weighted by atomic mass is 9.99. The number of hydrogen-bond donors (Lipinski definition) is 2. The largest absolute Gasteiger partial charge is 0.444 e. The van der Waals surface area contributed by atoms with Crippen LogP contribution >= 0.6 is 0 Å². The van der Waals surface area contributed by atoms with Crippen LogP contribution in [0.25, 0.3) is 0 Å². The molecule has 1 aliphatic heterocycles. The molecule has 0 aromatic heterocycles. The molecule has 0 aromatic rings. The molecule has 1 aliphatic rings. The summed E-state index contributed by atoms with van der Waals surface area (Å²) in [7, 11) is 0. The van der Waals surface area contributed by atoms with Gasteiger partial charge in [-0.05, 0) is 53.2 Å². The molecule has 2 amide bonds. The van der Waals surface area contributed by atoms with Crippen LogP contribution in [0.4, 0.5) is 4.79 Å². The summed E-state index contributed by atoms with van der Waals surface area (Å²) in [5, 5.41) is 14.1. The van der Waals surface area contributed by atoms with Gasteiger partial charge in [-0.1, -0.05) is 20.8 Å². The Labute approximate surface area is 152 Å². The highest BCUT2D eigenvalue weighted by atomic mass is 16.6. The van der Waals surface area contributed by atoms with Crippen LogP contribution in [-0.2, 0) is 9.53 Å². The first-order chi connectivity index (χ1) is 11.7. The normalized spacial score (nSPS) is 17.8. The van der Waals surface area contributed by atoms with Crippen molar-refractivity contribution in [1.82, 2.24) is 15.5 Å². The van der Waals surface area contributed by atoms with Crippen molar-refractivity contribution in [3.8, 4) is 6.07 Å². The van der Waals surface area contributed by atoms with Crippen LogP contribution in [0.2, 0.25) is 0 Å². The van der Waals surface area contributed by atoms with E-state index in [0.717, 1.165) is 0 Å². The molecule has 0 saturated carbocycles. The fourth-order valence-corrected chi connectivity index (χ4v) is 2.42. The van der Waals surface area contributed by atoms with Gasteiger partial charge in [-0.2, -0.15) is 5.26 Å². The van der Waals surface area contributed by atoms with E-state index in [1.807, 2.05) is 6.07 Å². The second kappa shape index (κ2) is 11.7. The minimum Gasteiger partial charge on any atom is -0.444 e. The Bertz CT molecular complexity index is 445. The molecule has 7 heteroatoms.